The number of rotatable bonds is 3. The summed E-state index contributed by atoms with van der Waals surface area (Å²) in [6, 6.07) is 2.13. The van der Waals surface area contributed by atoms with Gasteiger partial charge in [-0.05, 0) is 6.92 Å². The van der Waals surface area contributed by atoms with E-state index in [9.17, 15) is 0 Å². The largest absolute Gasteiger partial charge is 0.361 e. The lowest BCUT2D eigenvalue weighted by Gasteiger charge is -1.98. The van der Waals surface area contributed by atoms with Crippen LogP contribution < -0.4 is 5.73 Å². The monoisotopic (exact) mass is 168 g/mol. The molecular weight excluding hydrogens is 152 g/mol. The van der Waals surface area contributed by atoms with Gasteiger partial charge in [0.2, 0.25) is 0 Å². The van der Waals surface area contributed by atoms with Crippen molar-refractivity contribution in [2.45, 2.75) is 39.2 Å². The Balaban J connectivity index is 2.64. The standard InChI is InChI=1S/C9H16N2O/c1-6(2)9-5-8(11-12-9)4-7(3)10/h5-7H,4,10H2,1-3H3. The van der Waals surface area contributed by atoms with E-state index in [-0.39, 0.29) is 6.04 Å². The zero-order valence-electron chi connectivity index (χ0n) is 7.87. The molecule has 0 aliphatic carbocycles. The SMILES string of the molecule is CC(N)Cc1cc(C(C)C)on1. The van der Waals surface area contributed by atoms with Gasteiger partial charge in [-0.25, -0.2) is 0 Å². The van der Waals surface area contributed by atoms with E-state index in [2.05, 4.69) is 19.0 Å². The topological polar surface area (TPSA) is 52.0 Å². The minimum Gasteiger partial charge on any atom is -0.361 e. The molecule has 12 heavy (non-hydrogen) atoms. The molecule has 2 N–H and O–H groups in total. The third kappa shape index (κ3) is 2.34. The molecule has 1 heterocycles. The quantitative estimate of drug-likeness (QED) is 0.747. The second-order valence-corrected chi connectivity index (χ2v) is 3.56. The second kappa shape index (κ2) is 3.72. The first kappa shape index (κ1) is 9.26. The van der Waals surface area contributed by atoms with Crippen molar-refractivity contribution in [1.82, 2.24) is 5.16 Å². The van der Waals surface area contributed by atoms with Gasteiger partial charge in [-0.3, -0.25) is 0 Å². The van der Waals surface area contributed by atoms with Gasteiger partial charge >= 0.3 is 0 Å². The molecule has 0 spiro atoms. The van der Waals surface area contributed by atoms with E-state index >= 15 is 0 Å². The molecule has 0 saturated carbocycles. The molecular formula is C9H16N2O. The lowest BCUT2D eigenvalue weighted by atomic mass is 10.1. The summed E-state index contributed by atoms with van der Waals surface area (Å²) in [5, 5.41) is 3.92. The zero-order valence-corrected chi connectivity index (χ0v) is 7.87. The molecule has 1 rings (SSSR count). The van der Waals surface area contributed by atoms with E-state index < -0.39 is 0 Å². The highest BCUT2D eigenvalue weighted by Gasteiger charge is 2.08. The number of aromatic nitrogens is 1. The second-order valence-electron chi connectivity index (χ2n) is 3.56. The van der Waals surface area contributed by atoms with E-state index in [0.29, 0.717) is 5.92 Å². The Kier molecular flexibility index (Phi) is 2.87. The van der Waals surface area contributed by atoms with Gasteiger partial charge in [0.25, 0.3) is 0 Å². The molecule has 68 valence electrons. The van der Waals surface area contributed by atoms with Gasteiger partial charge in [-0.2, -0.15) is 0 Å². The van der Waals surface area contributed by atoms with Crippen LogP contribution in [0.3, 0.4) is 0 Å². The van der Waals surface area contributed by atoms with Gasteiger partial charge in [-0.1, -0.05) is 19.0 Å². The molecule has 3 heteroatoms. The summed E-state index contributed by atoms with van der Waals surface area (Å²) in [4.78, 5) is 0. The van der Waals surface area contributed by atoms with E-state index in [1.165, 1.54) is 0 Å². The normalized spacial score (nSPS) is 13.8. The fourth-order valence-corrected chi connectivity index (χ4v) is 1.03. The first-order valence-corrected chi connectivity index (χ1v) is 4.30. The van der Waals surface area contributed by atoms with Gasteiger partial charge in [0.15, 0.2) is 0 Å². The summed E-state index contributed by atoms with van der Waals surface area (Å²) in [5.41, 5.74) is 6.58. The zero-order chi connectivity index (χ0) is 9.14. The lowest BCUT2D eigenvalue weighted by Crippen LogP contribution is -2.17. The summed E-state index contributed by atoms with van der Waals surface area (Å²) in [5.74, 6) is 1.34. The molecule has 1 atom stereocenters. The van der Waals surface area contributed by atoms with E-state index in [1.807, 2.05) is 13.0 Å². The van der Waals surface area contributed by atoms with Crippen molar-refractivity contribution in [3.63, 3.8) is 0 Å². The van der Waals surface area contributed by atoms with Crippen molar-refractivity contribution in [3.05, 3.63) is 17.5 Å². The third-order valence-corrected chi connectivity index (χ3v) is 1.68. The van der Waals surface area contributed by atoms with Crippen molar-refractivity contribution in [3.8, 4) is 0 Å². The van der Waals surface area contributed by atoms with Crippen molar-refractivity contribution in [1.29, 1.82) is 0 Å². The maximum absolute atomic E-state index is 5.63. The van der Waals surface area contributed by atoms with E-state index in [1.54, 1.807) is 0 Å². The molecule has 0 aliphatic rings. The van der Waals surface area contributed by atoms with Crippen LogP contribution in [0.25, 0.3) is 0 Å². The van der Waals surface area contributed by atoms with Crippen LogP contribution in [0, 0.1) is 0 Å². The maximum atomic E-state index is 5.63. The van der Waals surface area contributed by atoms with Crippen LogP contribution in [-0.4, -0.2) is 11.2 Å². The minimum absolute atomic E-state index is 0.148. The Hall–Kier alpha value is -0.830. The Bertz CT molecular complexity index is 240. The van der Waals surface area contributed by atoms with Crippen LogP contribution in [-0.2, 0) is 6.42 Å². The van der Waals surface area contributed by atoms with Crippen LogP contribution in [0.1, 0.15) is 38.1 Å². The van der Waals surface area contributed by atoms with Gasteiger partial charge < -0.3 is 10.3 Å². The van der Waals surface area contributed by atoms with Crippen molar-refractivity contribution in [2.75, 3.05) is 0 Å². The van der Waals surface area contributed by atoms with Gasteiger partial charge in [0, 0.05) is 24.4 Å². The van der Waals surface area contributed by atoms with Crippen molar-refractivity contribution < 1.29 is 4.52 Å². The molecule has 1 aromatic rings. The first-order valence-electron chi connectivity index (χ1n) is 4.30. The summed E-state index contributed by atoms with van der Waals surface area (Å²) in [7, 11) is 0. The molecule has 0 aliphatic heterocycles. The van der Waals surface area contributed by atoms with Crippen LogP contribution in [0.15, 0.2) is 10.6 Å². The fraction of sp³-hybridized carbons (Fsp3) is 0.667. The van der Waals surface area contributed by atoms with Crippen LogP contribution in [0.4, 0.5) is 0 Å². The Morgan fingerprint density at radius 3 is 2.58 bits per heavy atom. The van der Waals surface area contributed by atoms with Crippen molar-refractivity contribution in [2.24, 2.45) is 5.73 Å². The average Bonchev–Trinajstić information content (AvgIpc) is 2.34. The highest BCUT2D eigenvalue weighted by Crippen LogP contribution is 2.15. The molecule has 0 amide bonds. The lowest BCUT2D eigenvalue weighted by molar-refractivity contribution is 0.364. The van der Waals surface area contributed by atoms with Crippen LogP contribution >= 0.6 is 0 Å². The van der Waals surface area contributed by atoms with Gasteiger partial charge in [0.1, 0.15) is 5.76 Å². The van der Waals surface area contributed by atoms with E-state index in [0.717, 1.165) is 17.9 Å². The Morgan fingerprint density at radius 1 is 1.50 bits per heavy atom. The maximum Gasteiger partial charge on any atom is 0.139 e. The molecule has 1 unspecified atom stereocenters. The Labute approximate surface area is 72.9 Å². The van der Waals surface area contributed by atoms with Gasteiger partial charge in [-0.15, -0.1) is 0 Å². The predicted molar refractivity (Wildman–Crippen MR) is 47.9 cm³/mol. The molecule has 0 saturated heterocycles. The Morgan fingerprint density at radius 2 is 2.17 bits per heavy atom. The molecule has 3 nitrogen and oxygen atoms in total. The molecule has 0 bridgehead atoms. The number of hydrogen-bond acceptors (Lipinski definition) is 3. The highest BCUT2D eigenvalue weighted by molar-refractivity contribution is 5.09. The minimum atomic E-state index is 0.148. The predicted octanol–water partition coefficient (Wildman–Crippen LogP) is 1.69. The first-order chi connectivity index (χ1) is 5.59. The number of nitrogens with zero attached hydrogens (tertiary/aromatic N) is 1. The molecule has 0 aromatic carbocycles. The van der Waals surface area contributed by atoms with Crippen LogP contribution in [0.2, 0.25) is 0 Å². The van der Waals surface area contributed by atoms with Crippen LogP contribution in [0.5, 0.6) is 0 Å². The van der Waals surface area contributed by atoms with Gasteiger partial charge in [0.05, 0.1) is 5.69 Å². The summed E-state index contributed by atoms with van der Waals surface area (Å²) in [6.07, 6.45) is 0.788. The summed E-state index contributed by atoms with van der Waals surface area (Å²) >= 11 is 0. The average molecular weight is 168 g/mol. The summed E-state index contributed by atoms with van der Waals surface area (Å²) < 4.78 is 5.12. The summed E-state index contributed by atoms with van der Waals surface area (Å²) in [6.45, 7) is 6.12. The smallest absolute Gasteiger partial charge is 0.139 e. The number of hydrogen-bond donors (Lipinski definition) is 1. The number of nitrogens with two attached hydrogens (primary N) is 1. The molecule has 0 radical (unpaired) electrons. The van der Waals surface area contributed by atoms with Crippen molar-refractivity contribution >= 4 is 0 Å². The van der Waals surface area contributed by atoms with E-state index in [4.69, 9.17) is 10.3 Å². The third-order valence-electron chi connectivity index (χ3n) is 1.68. The molecule has 0 fully saturated rings. The fourth-order valence-electron chi connectivity index (χ4n) is 1.03. The highest BCUT2D eigenvalue weighted by atomic mass is 16.5. The molecule has 1 aromatic heterocycles.